The lowest BCUT2D eigenvalue weighted by molar-refractivity contribution is 0.946. The molecule has 22 heavy (non-hydrogen) atoms. The van der Waals surface area contributed by atoms with E-state index in [-0.39, 0.29) is 0 Å². The molecule has 5 nitrogen and oxygen atoms in total. The van der Waals surface area contributed by atoms with Crippen LogP contribution in [-0.2, 0) is 13.5 Å². The molecule has 1 aromatic carbocycles. The fourth-order valence-electron chi connectivity index (χ4n) is 2.58. The summed E-state index contributed by atoms with van der Waals surface area (Å²) in [6.45, 7) is 9.24. The average molecular weight is 291 g/mol. The minimum Gasteiger partial charge on any atom is -0.334 e. The lowest BCUT2D eigenvalue weighted by Crippen LogP contribution is -2.13. The first-order valence-corrected chi connectivity index (χ1v) is 7.15. The molecule has 110 valence electrons. The smallest absolute Gasteiger partial charge is 0.187 e. The number of hydrogen-bond acceptors (Lipinski definition) is 3. The number of rotatable bonds is 3. The van der Waals surface area contributed by atoms with Gasteiger partial charge in [-0.25, -0.2) is 14.8 Å². The first-order valence-electron chi connectivity index (χ1n) is 7.15. The second-order valence-corrected chi connectivity index (χ2v) is 5.22. The average Bonchev–Trinajstić information content (AvgIpc) is 2.94. The summed E-state index contributed by atoms with van der Waals surface area (Å²) in [5, 5.41) is 0. The Hall–Kier alpha value is -2.87. The van der Waals surface area contributed by atoms with Crippen molar-refractivity contribution in [1.29, 1.82) is 0 Å². The Morgan fingerprint density at radius 3 is 2.82 bits per heavy atom. The molecule has 0 bridgehead atoms. The van der Waals surface area contributed by atoms with Gasteiger partial charge in [0.25, 0.3) is 0 Å². The van der Waals surface area contributed by atoms with Gasteiger partial charge < -0.3 is 9.47 Å². The molecule has 0 aliphatic heterocycles. The van der Waals surface area contributed by atoms with Crippen molar-refractivity contribution in [2.75, 3.05) is 11.9 Å². The quantitative estimate of drug-likeness (QED) is 0.688. The van der Waals surface area contributed by atoms with Gasteiger partial charge in [-0.2, -0.15) is 0 Å². The zero-order valence-electron chi connectivity index (χ0n) is 12.9. The van der Waals surface area contributed by atoms with Crippen molar-refractivity contribution in [2.24, 2.45) is 7.05 Å². The molecule has 3 rings (SSSR count). The first-order chi connectivity index (χ1) is 10.6. The predicted octanol–water partition coefficient (Wildman–Crippen LogP) is 3.85. The van der Waals surface area contributed by atoms with Gasteiger partial charge in [0.2, 0.25) is 0 Å². The molecule has 3 aromatic rings. The molecular weight excluding hydrogens is 274 g/mol. The van der Waals surface area contributed by atoms with Crippen LogP contribution in [-0.4, -0.2) is 21.6 Å². The molecule has 0 radical (unpaired) electrons. The third kappa shape index (κ3) is 2.29. The maximum atomic E-state index is 7.14. The molecule has 0 aliphatic carbocycles. The number of aryl methyl sites for hydroxylation is 2. The zero-order valence-corrected chi connectivity index (χ0v) is 12.9. The highest BCUT2D eigenvalue weighted by Crippen LogP contribution is 2.30. The number of fused-ring (bicyclic) bond motifs is 1. The maximum absolute atomic E-state index is 7.14. The van der Waals surface area contributed by atoms with Gasteiger partial charge in [-0.3, -0.25) is 0 Å². The summed E-state index contributed by atoms with van der Waals surface area (Å²) >= 11 is 0. The van der Waals surface area contributed by atoms with Crippen LogP contribution in [0.25, 0.3) is 15.9 Å². The van der Waals surface area contributed by atoms with Crippen LogP contribution in [0, 0.1) is 6.57 Å². The van der Waals surface area contributed by atoms with Crippen molar-refractivity contribution in [3.8, 4) is 0 Å². The Morgan fingerprint density at radius 2 is 2.09 bits per heavy atom. The molecule has 0 aliphatic rings. The number of aromatic nitrogens is 3. The third-order valence-corrected chi connectivity index (χ3v) is 3.88. The molecule has 0 unspecified atom stereocenters. The maximum Gasteiger partial charge on any atom is 0.187 e. The second kappa shape index (κ2) is 5.49. The summed E-state index contributed by atoms with van der Waals surface area (Å²) in [5.41, 5.74) is 4.82. The van der Waals surface area contributed by atoms with Crippen molar-refractivity contribution < 1.29 is 0 Å². The summed E-state index contributed by atoms with van der Waals surface area (Å²) in [6, 6.07) is 7.81. The summed E-state index contributed by atoms with van der Waals surface area (Å²) in [5.74, 6) is 0.862. The van der Waals surface area contributed by atoms with E-state index in [0.717, 1.165) is 34.5 Å². The summed E-state index contributed by atoms with van der Waals surface area (Å²) < 4.78 is 1.98. The minimum absolute atomic E-state index is 0.670. The molecule has 2 heterocycles. The second-order valence-electron chi connectivity index (χ2n) is 5.22. The Balaban J connectivity index is 2.07. The van der Waals surface area contributed by atoms with E-state index in [1.165, 1.54) is 0 Å². The Morgan fingerprint density at radius 1 is 1.27 bits per heavy atom. The highest BCUT2D eigenvalue weighted by Gasteiger charge is 2.12. The van der Waals surface area contributed by atoms with E-state index >= 15 is 0 Å². The highest BCUT2D eigenvalue weighted by atomic mass is 15.2. The van der Waals surface area contributed by atoms with E-state index in [1.54, 1.807) is 12.5 Å². The molecule has 0 spiro atoms. The molecule has 2 aromatic heterocycles. The van der Waals surface area contributed by atoms with Gasteiger partial charge in [0.1, 0.15) is 11.3 Å². The van der Waals surface area contributed by atoms with Crippen LogP contribution < -0.4 is 4.90 Å². The van der Waals surface area contributed by atoms with Crippen LogP contribution in [0.4, 0.5) is 17.2 Å². The first kappa shape index (κ1) is 14.1. The molecule has 0 atom stereocenters. The SMILES string of the molecule is [C-]#[N+]c1ccc(N(C)c2cc3c(cn2)ncn3C)c(CC)c1. The molecule has 0 amide bonds. The topological polar surface area (TPSA) is 38.3 Å². The van der Waals surface area contributed by atoms with Crippen molar-refractivity contribution in [3.63, 3.8) is 0 Å². The summed E-state index contributed by atoms with van der Waals surface area (Å²) in [6.07, 6.45) is 4.45. The number of hydrogen-bond donors (Lipinski definition) is 0. The van der Waals surface area contributed by atoms with Crippen LogP contribution in [0.3, 0.4) is 0 Å². The third-order valence-electron chi connectivity index (χ3n) is 3.88. The van der Waals surface area contributed by atoms with Gasteiger partial charge in [-0.1, -0.05) is 19.1 Å². The van der Waals surface area contributed by atoms with Crippen molar-refractivity contribution in [1.82, 2.24) is 14.5 Å². The van der Waals surface area contributed by atoms with Crippen LogP contribution in [0.1, 0.15) is 12.5 Å². The van der Waals surface area contributed by atoms with Crippen LogP contribution in [0.5, 0.6) is 0 Å². The van der Waals surface area contributed by atoms with E-state index in [2.05, 4.69) is 26.6 Å². The van der Waals surface area contributed by atoms with Crippen molar-refractivity contribution >= 4 is 28.2 Å². The molecule has 0 saturated heterocycles. The Bertz CT molecular complexity index is 872. The molecule has 0 fully saturated rings. The van der Waals surface area contributed by atoms with E-state index in [0.29, 0.717) is 5.69 Å². The zero-order chi connectivity index (χ0) is 15.7. The lowest BCUT2D eigenvalue weighted by Gasteiger charge is -2.21. The van der Waals surface area contributed by atoms with Crippen LogP contribution in [0.2, 0.25) is 0 Å². The van der Waals surface area contributed by atoms with E-state index < -0.39 is 0 Å². The lowest BCUT2D eigenvalue weighted by atomic mass is 10.1. The largest absolute Gasteiger partial charge is 0.334 e. The van der Waals surface area contributed by atoms with Crippen molar-refractivity contribution in [2.45, 2.75) is 13.3 Å². The number of benzene rings is 1. The van der Waals surface area contributed by atoms with E-state index in [4.69, 9.17) is 6.57 Å². The molecular formula is C17H17N5. The Labute approximate surface area is 129 Å². The van der Waals surface area contributed by atoms with Crippen molar-refractivity contribution in [3.05, 3.63) is 53.8 Å². The molecule has 0 N–H and O–H groups in total. The van der Waals surface area contributed by atoms with Gasteiger partial charge in [0.15, 0.2) is 5.69 Å². The Kier molecular flexibility index (Phi) is 3.51. The normalized spacial score (nSPS) is 10.6. The number of imidazole rings is 1. The monoisotopic (exact) mass is 291 g/mol. The summed E-state index contributed by atoms with van der Waals surface area (Å²) in [4.78, 5) is 14.4. The predicted molar refractivity (Wildman–Crippen MR) is 88.7 cm³/mol. The standard InChI is InChI=1S/C17H17N5/c1-5-12-8-13(18-2)6-7-15(12)22(4)17-9-16-14(10-19-17)20-11-21(16)3/h6-11H,5H2,1,3-4H3. The molecule has 0 saturated carbocycles. The van der Waals surface area contributed by atoms with Gasteiger partial charge >= 0.3 is 0 Å². The summed E-state index contributed by atoms with van der Waals surface area (Å²) in [7, 11) is 3.97. The van der Waals surface area contributed by atoms with Crippen LogP contribution >= 0.6 is 0 Å². The van der Waals surface area contributed by atoms with Crippen LogP contribution in [0.15, 0.2) is 36.8 Å². The fourth-order valence-corrected chi connectivity index (χ4v) is 2.58. The molecule has 5 heteroatoms. The van der Waals surface area contributed by atoms with Gasteiger partial charge in [-0.15, -0.1) is 0 Å². The number of pyridine rings is 1. The fraction of sp³-hybridized carbons (Fsp3) is 0.235. The van der Waals surface area contributed by atoms with Gasteiger partial charge in [0, 0.05) is 25.8 Å². The van der Waals surface area contributed by atoms with E-state index in [1.807, 2.05) is 42.9 Å². The van der Waals surface area contributed by atoms with Gasteiger partial charge in [0.05, 0.1) is 24.6 Å². The number of anilines is 2. The van der Waals surface area contributed by atoms with E-state index in [9.17, 15) is 0 Å². The highest BCUT2D eigenvalue weighted by molar-refractivity contribution is 5.79. The van der Waals surface area contributed by atoms with Gasteiger partial charge in [-0.05, 0) is 18.1 Å². The number of nitrogens with zero attached hydrogens (tertiary/aromatic N) is 5. The minimum atomic E-state index is 0.670.